The fraction of sp³-hybridized carbons (Fsp3) is 0.500. The molecule has 42 valence electrons. The van der Waals surface area contributed by atoms with E-state index in [0.29, 0.717) is 6.04 Å². The minimum absolute atomic E-state index is 0.602. The molecule has 0 aliphatic rings. The molecule has 1 aromatic heterocycles. The summed E-state index contributed by atoms with van der Waals surface area (Å²) in [4.78, 5) is 0. The average Bonchev–Trinajstić information content (AvgIpc) is 2.12. The molecule has 1 aromatic rings. The van der Waals surface area contributed by atoms with Crippen LogP contribution in [0.5, 0.6) is 0 Å². The molecule has 0 N–H and O–H groups in total. The zero-order valence-electron chi connectivity index (χ0n) is 5.33. The van der Waals surface area contributed by atoms with E-state index in [1.165, 1.54) is 0 Å². The Balaban J connectivity index is 2.77. The van der Waals surface area contributed by atoms with Gasteiger partial charge in [-0.25, -0.2) is 0 Å². The van der Waals surface area contributed by atoms with Gasteiger partial charge in [-0.3, -0.25) is 0 Å². The van der Waals surface area contributed by atoms with Crippen molar-refractivity contribution in [3.05, 3.63) is 18.3 Å². The van der Waals surface area contributed by atoms with Crippen molar-refractivity contribution in [2.45, 2.75) is 19.9 Å². The topological polar surface area (TPSA) is 4.93 Å². The van der Waals surface area contributed by atoms with Gasteiger partial charge in [0.2, 0.25) is 0 Å². The van der Waals surface area contributed by atoms with Gasteiger partial charge in [0.05, 0.1) is 0 Å². The van der Waals surface area contributed by atoms with Crippen LogP contribution in [0, 0.1) is 0 Å². The van der Waals surface area contributed by atoms with Crippen LogP contribution in [0.2, 0.25) is 0 Å². The number of hydrogen-bond acceptors (Lipinski definition) is 0. The molecule has 0 atom stereocenters. The first kappa shape index (κ1) is 5.61. The van der Waals surface area contributed by atoms with E-state index < -0.39 is 0 Å². The van der Waals surface area contributed by atoms with Crippen LogP contribution in [0.1, 0.15) is 19.9 Å². The second kappa shape index (κ2) is 2.16. The monoisotopic (exact) mass is 107 g/mol. The van der Waals surface area contributed by atoms with Gasteiger partial charge in [-0.05, 0) is 0 Å². The summed E-state index contributed by atoms with van der Waals surface area (Å²) in [5.74, 6) is 2.04. The van der Waals surface area contributed by atoms with Crippen molar-refractivity contribution in [2.75, 3.05) is 0 Å². The van der Waals surface area contributed by atoms with E-state index in [1.807, 2.05) is 12.9 Å². The van der Waals surface area contributed by atoms with Gasteiger partial charge in [-0.1, -0.05) is 0 Å². The summed E-state index contributed by atoms with van der Waals surface area (Å²) in [6.45, 7) is 6.38. The number of nitrogens with zero attached hydrogens (tertiary/aromatic N) is 1. The average molecular weight is 107 g/mol. The maximum atomic E-state index is 2.17. The van der Waals surface area contributed by atoms with Crippen molar-refractivity contribution in [3.63, 3.8) is 0 Å². The Morgan fingerprint density at radius 1 is 1.50 bits per heavy atom. The first-order valence-corrected chi connectivity index (χ1v) is 2.93. The van der Waals surface area contributed by atoms with E-state index in [2.05, 4.69) is 30.7 Å². The van der Waals surface area contributed by atoms with Gasteiger partial charge < -0.3 is 0 Å². The van der Waals surface area contributed by atoms with Crippen molar-refractivity contribution >= 4 is 6.91 Å². The molecule has 1 nitrogen and oxygen atoms in total. The van der Waals surface area contributed by atoms with E-state index in [9.17, 15) is 0 Å². The number of hydrogen-bond donors (Lipinski definition) is 0. The van der Waals surface area contributed by atoms with Crippen molar-refractivity contribution in [2.24, 2.45) is 0 Å². The molecule has 8 heavy (non-hydrogen) atoms. The van der Waals surface area contributed by atoms with Crippen LogP contribution in [0.4, 0.5) is 0 Å². The SMILES string of the molecule is CC(C)n1cbcc1. The molecule has 0 unspecified atom stereocenters. The summed E-state index contributed by atoms with van der Waals surface area (Å²) in [6, 6.07) is 0.602. The van der Waals surface area contributed by atoms with Crippen LogP contribution in [0.3, 0.4) is 0 Å². The summed E-state index contributed by atoms with van der Waals surface area (Å²) < 4.78 is 2.17. The van der Waals surface area contributed by atoms with Crippen LogP contribution in [-0.4, -0.2) is 11.5 Å². The fourth-order valence-corrected chi connectivity index (χ4v) is 0.692. The van der Waals surface area contributed by atoms with Gasteiger partial charge in [-0.15, -0.1) is 0 Å². The summed E-state index contributed by atoms with van der Waals surface area (Å²) in [7, 11) is 0. The molecule has 0 spiro atoms. The molecule has 0 radical (unpaired) electrons. The zero-order chi connectivity index (χ0) is 5.98. The van der Waals surface area contributed by atoms with Gasteiger partial charge in [0.1, 0.15) is 0 Å². The third kappa shape index (κ3) is 0.999. The van der Waals surface area contributed by atoms with Gasteiger partial charge in [0.15, 0.2) is 0 Å². The van der Waals surface area contributed by atoms with E-state index >= 15 is 0 Å². The second-order valence-corrected chi connectivity index (χ2v) is 2.22. The Bertz CT molecular complexity index is 144. The molecule has 0 saturated carbocycles. The zero-order valence-corrected chi connectivity index (χ0v) is 5.33. The first-order valence-electron chi connectivity index (χ1n) is 2.93. The second-order valence-electron chi connectivity index (χ2n) is 2.22. The van der Waals surface area contributed by atoms with E-state index in [1.54, 1.807) is 0 Å². The molecule has 0 bridgehead atoms. The normalized spacial score (nSPS) is 9.88. The molecular formula is C6H10BN. The van der Waals surface area contributed by atoms with Gasteiger partial charge >= 0.3 is 49.6 Å². The molecule has 0 fully saturated rings. The fourth-order valence-electron chi connectivity index (χ4n) is 0.692. The quantitative estimate of drug-likeness (QED) is 0.511. The Kier molecular flexibility index (Phi) is 1.52. The van der Waals surface area contributed by atoms with E-state index in [0.717, 1.165) is 0 Å². The summed E-state index contributed by atoms with van der Waals surface area (Å²) in [5.41, 5.74) is 0. The Morgan fingerprint density at radius 2 is 2.25 bits per heavy atom. The van der Waals surface area contributed by atoms with E-state index in [-0.39, 0.29) is 0 Å². The molecule has 1 rings (SSSR count). The van der Waals surface area contributed by atoms with Crippen molar-refractivity contribution < 1.29 is 0 Å². The molecule has 0 saturated heterocycles. The third-order valence-corrected chi connectivity index (χ3v) is 1.22. The van der Waals surface area contributed by atoms with Crippen molar-refractivity contribution in [1.29, 1.82) is 0 Å². The third-order valence-electron chi connectivity index (χ3n) is 1.22. The Morgan fingerprint density at radius 3 is 2.50 bits per heavy atom. The Hall–Kier alpha value is -0.525. The van der Waals surface area contributed by atoms with Gasteiger partial charge in [0.25, 0.3) is 0 Å². The van der Waals surface area contributed by atoms with Gasteiger partial charge in [-0.2, -0.15) is 0 Å². The molecular weight excluding hydrogens is 96.9 g/mol. The molecule has 2 heteroatoms. The maximum absolute atomic E-state index is 2.17. The van der Waals surface area contributed by atoms with Crippen LogP contribution in [0.25, 0.3) is 0 Å². The molecule has 1 heterocycles. The number of rotatable bonds is 1. The Labute approximate surface area is 50.5 Å². The van der Waals surface area contributed by atoms with Crippen LogP contribution < -0.4 is 0 Å². The first-order chi connectivity index (χ1) is 3.80. The predicted octanol–water partition coefficient (Wildman–Crippen LogP) is 1.41. The van der Waals surface area contributed by atoms with E-state index in [4.69, 9.17) is 0 Å². The molecule has 0 amide bonds. The summed E-state index contributed by atoms with van der Waals surface area (Å²) >= 11 is 0. The molecule has 0 aliphatic carbocycles. The van der Waals surface area contributed by atoms with Gasteiger partial charge in [0, 0.05) is 0 Å². The number of aromatic nitrogens is 1. The van der Waals surface area contributed by atoms with Crippen LogP contribution >= 0.6 is 0 Å². The molecule has 0 aliphatic heterocycles. The summed E-state index contributed by atoms with van der Waals surface area (Å²) in [6.07, 6.45) is 4.15. The summed E-state index contributed by atoms with van der Waals surface area (Å²) in [5, 5.41) is 0. The van der Waals surface area contributed by atoms with Crippen LogP contribution in [0.15, 0.2) is 18.3 Å². The van der Waals surface area contributed by atoms with Crippen molar-refractivity contribution in [3.8, 4) is 0 Å². The minimum atomic E-state index is 0.602. The predicted molar refractivity (Wildman–Crippen MR) is 36.2 cm³/mol. The molecule has 0 aromatic carbocycles. The van der Waals surface area contributed by atoms with Crippen LogP contribution in [-0.2, 0) is 0 Å². The van der Waals surface area contributed by atoms with Crippen molar-refractivity contribution in [1.82, 2.24) is 4.57 Å². The standard InChI is InChI=1S/C6H10BN/c1-6(2)8-4-3-7-5-8/h3-6H,1-2H3.